The summed E-state index contributed by atoms with van der Waals surface area (Å²) < 4.78 is 5.39. The minimum Gasteiger partial charge on any atom is -0.393 e. The molecule has 1 unspecified atom stereocenters. The predicted molar refractivity (Wildman–Crippen MR) is 65.7 cm³/mol. The van der Waals surface area contributed by atoms with Crippen LogP contribution in [0.15, 0.2) is 5.16 Å². The Morgan fingerprint density at radius 2 is 2.00 bits per heavy atom. The Kier molecular flexibility index (Phi) is 7.34. The van der Waals surface area contributed by atoms with E-state index in [2.05, 4.69) is 5.16 Å². The van der Waals surface area contributed by atoms with E-state index < -0.39 is 0 Å². The summed E-state index contributed by atoms with van der Waals surface area (Å²) in [4.78, 5) is 5.25. The standard InChI is InChI=1S/C12H25NO3/c1-10(13-16-12(3,4)5)9-15-8-6-7-11(2)14/h11,14H,6-9H2,1-5H3. The second kappa shape index (κ2) is 7.63. The van der Waals surface area contributed by atoms with Crippen molar-refractivity contribution in [3.8, 4) is 0 Å². The zero-order valence-corrected chi connectivity index (χ0v) is 11.1. The van der Waals surface area contributed by atoms with E-state index in [9.17, 15) is 0 Å². The third-order valence-electron chi connectivity index (χ3n) is 1.70. The van der Waals surface area contributed by atoms with Gasteiger partial charge in [0.1, 0.15) is 5.60 Å². The van der Waals surface area contributed by atoms with Gasteiger partial charge in [-0.2, -0.15) is 0 Å². The molecule has 0 aromatic rings. The van der Waals surface area contributed by atoms with Crippen molar-refractivity contribution in [3.05, 3.63) is 0 Å². The molecule has 0 saturated heterocycles. The van der Waals surface area contributed by atoms with Crippen molar-refractivity contribution in [3.63, 3.8) is 0 Å². The Morgan fingerprint density at radius 1 is 1.38 bits per heavy atom. The molecule has 0 aliphatic carbocycles. The van der Waals surface area contributed by atoms with Crippen LogP contribution in [0.3, 0.4) is 0 Å². The first-order chi connectivity index (χ1) is 7.31. The first-order valence-electron chi connectivity index (χ1n) is 5.79. The van der Waals surface area contributed by atoms with E-state index in [1.54, 1.807) is 6.92 Å². The lowest BCUT2D eigenvalue weighted by Gasteiger charge is -2.16. The van der Waals surface area contributed by atoms with E-state index in [0.717, 1.165) is 18.6 Å². The number of oxime groups is 1. The van der Waals surface area contributed by atoms with E-state index >= 15 is 0 Å². The smallest absolute Gasteiger partial charge is 0.129 e. The van der Waals surface area contributed by atoms with Gasteiger partial charge < -0.3 is 14.7 Å². The van der Waals surface area contributed by atoms with Gasteiger partial charge in [0.2, 0.25) is 0 Å². The van der Waals surface area contributed by atoms with Crippen LogP contribution in [0.1, 0.15) is 47.5 Å². The van der Waals surface area contributed by atoms with Gasteiger partial charge in [-0.05, 0) is 47.5 Å². The summed E-state index contributed by atoms with van der Waals surface area (Å²) in [5.41, 5.74) is 0.570. The molecule has 0 aromatic carbocycles. The molecule has 0 saturated carbocycles. The maximum atomic E-state index is 9.04. The van der Waals surface area contributed by atoms with Gasteiger partial charge in [-0.25, -0.2) is 0 Å². The van der Waals surface area contributed by atoms with Crippen molar-refractivity contribution >= 4 is 5.71 Å². The molecule has 16 heavy (non-hydrogen) atoms. The van der Waals surface area contributed by atoms with Crippen molar-refractivity contribution in [2.75, 3.05) is 13.2 Å². The highest BCUT2D eigenvalue weighted by Gasteiger charge is 2.10. The lowest BCUT2D eigenvalue weighted by atomic mass is 10.2. The molecule has 4 heteroatoms. The molecule has 0 radical (unpaired) electrons. The van der Waals surface area contributed by atoms with Crippen LogP contribution in [0.25, 0.3) is 0 Å². The molecule has 1 N–H and O–H groups in total. The number of ether oxygens (including phenoxy) is 1. The maximum absolute atomic E-state index is 9.04. The van der Waals surface area contributed by atoms with E-state index in [4.69, 9.17) is 14.7 Å². The molecule has 0 aliphatic heterocycles. The largest absolute Gasteiger partial charge is 0.393 e. The SMILES string of the molecule is CC(COCCCC(C)O)=NOC(C)(C)C. The van der Waals surface area contributed by atoms with Crippen LogP contribution >= 0.6 is 0 Å². The van der Waals surface area contributed by atoms with Gasteiger partial charge in [0, 0.05) is 6.61 Å². The Labute approximate surface area is 98.6 Å². The van der Waals surface area contributed by atoms with Gasteiger partial charge in [0.15, 0.2) is 0 Å². The van der Waals surface area contributed by atoms with Gasteiger partial charge in [-0.15, -0.1) is 0 Å². The van der Waals surface area contributed by atoms with Crippen molar-refractivity contribution < 1.29 is 14.7 Å². The average Bonchev–Trinajstić information content (AvgIpc) is 2.12. The van der Waals surface area contributed by atoms with Crippen molar-refractivity contribution in [1.82, 2.24) is 0 Å². The lowest BCUT2D eigenvalue weighted by Crippen LogP contribution is -2.17. The van der Waals surface area contributed by atoms with Crippen LogP contribution < -0.4 is 0 Å². The Balaban J connectivity index is 3.54. The molecular weight excluding hydrogens is 206 g/mol. The van der Waals surface area contributed by atoms with E-state index in [1.807, 2.05) is 27.7 Å². The number of rotatable bonds is 7. The molecule has 0 aliphatic rings. The zero-order valence-electron chi connectivity index (χ0n) is 11.1. The van der Waals surface area contributed by atoms with Crippen LogP contribution in [-0.4, -0.2) is 35.7 Å². The lowest BCUT2D eigenvalue weighted by molar-refractivity contribution is -0.000699. The average molecular weight is 231 g/mol. The van der Waals surface area contributed by atoms with Gasteiger partial charge in [0.05, 0.1) is 18.4 Å². The fourth-order valence-electron chi connectivity index (χ4n) is 0.942. The summed E-state index contributed by atoms with van der Waals surface area (Å²) in [7, 11) is 0. The second-order valence-electron chi connectivity index (χ2n) is 5.07. The van der Waals surface area contributed by atoms with Crippen molar-refractivity contribution in [1.29, 1.82) is 0 Å². The fourth-order valence-corrected chi connectivity index (χ4v) is 0.942. The minimum atomic E-state index is -0.256. The molecule has 0 heterocycles. The third kappa shape index (κ3) is 11.5. The van der Waals surface area contributed by atoms with Crippen LogP contribution in [0.5, 0.6) is 0 Å². The zero-order chi connectivity index (χ0) is 12.6. The summed E-state index contributed by atoms with van der Waals surface area (Å²) in [5.74, 6) is 0. The summed E-state index contributed by atoms with van der Waals surface area (Å²) in [6.45, 7) is 10.6. The monoisotopic (exact) mass is 231 g/mol. The van der Waals surface area contributed by atoms with Gasteiger partial charge in [-0.3, -0.25) is 0 Å². The predicted octanol–water partition coefficient (Wildman–Crippen LogP) is 2.36. The van der Waals surface area contributed by atoms with Crippen LogP contribution in [0, 0.1) is 0 Å². The highest BCUT2D eigenvalue weighted by Crippen LogP contribution is 2.07. The van der Waals surface area contributed by atoms with Gasteiger partial charge in [-0.1, -0.05) is 5.16 Å². The Morgan fingerprint density at radius 3 is 2.50 bits per heavy atom. The number of nitrogens with zero attached hydrogens (tertiary/aromatic N) is 1. The molecule has 0 bridgehead atoms. The molecule has 0 aromatic heterocycles. The van der Waals surface area contributed by atoms with E-state index in [-0.39, 0.29) is 11.7 Å². The Bertz CT molecular complexity index is 207. The van der Waals surface area contributed by atoms with Crippen LogP contribution in [0.4, 0.5) is 0 Å². The van der Waals surface area contributed by atoms with E-state index in [1.165, 1.54) is 0 Å². The molecule has 0 fully saturated rings. The van der Waals surface area contributed by atoms with E-state index in [0.29, 0.717) is 13.2 Å². The molecular formula is C12H25NO3. The molecule has 0 rings (SSSR count). The maximum Gasteiger partial charge on any atom is 0.129 e. The topological polar surface area (TPSA) is 51.0 Å². The number of hydrogen-bond acceptors (Lipinski definition) is 4. The molecule has 1 atom stereocenters. The summed E-state index contributed by atoms with van der Waals surface area (Å²) in [6.07, 6.45) is 1.39. The number of hydrogen-bond donors (Lipinski definition) is 1. The molecule has 96 valence electrons. The number of aliphatic hydroxyl groups excluding tert-OH is 1. The normalized spacial score (nSPS) is 15.0. The molecule has 0 amide bonds. The highest BCUT2D eigenvalue weighted by molar-refractivity contribution is 5.82. The first kappa shape index (κ1) is 15.4. The van der Waals surface area contributed by atoms with Gasteiger partial charge >= 0.3 is 0 Å². The molecule has 4 nitrogen and oxygen atoms in total. The molecule has 0 spiro atoms. The second-order valence-corrected chi connectivity index (χ2v) is 5.07. The summed E-state index contributed by atoms with van der Waals surface area (Å²) in [5, 5.41) is 13.0. The summed E-state index contributed by atoms with van der Waals surface area (Å²) in [6, 6.07) is 0. The quantitative estimate of drug-likeness (QED) is 0.416. The van der Waals surface area contributed by atoms with Crippen LogP contribution in [-0.2, 0) is 9.57 Å². The number of aliphatic hydroxyl groups is 1. The third-order valence-corrected chi connectivity index (χ3v) is 1.70. The Hall–Kier alpha value is -0.610. The van der Waals surface area contributed by atoms with Gasteiger partial charge in [0.25, 0.3) is 0 Å². The fraction of sp³-hybridized carbons (Fsp3) is 0.917. The minimum absolute atomic E-state index is 0.248. The highest BCUT2D eigenvalue weighted by atomic mass is 16.6. The van der Waals surface area contributed by atoms with Crippen molar-refractivity contribution in [2.45, 2.75) is 59.2 Å². The first-order valence-corrected chi connectivity index (χ1v) is 5.79. The summed E-state index contributed by atoms with van der Waals surface area (Å²) >= 11 is 0. The van der Waals surface area contributed by atoms with Crippen LogP contribution in [0.2, 0.25) is 0 Å². The van der Waals surface area contributed by atoms with Crippen molar-refractivity contribution in [2.24, 2.45) is 5.16 Å².